The maximum absolute atomic E-state index is 13.1. The first-order chi connectivity index (χ1) is 7.85. The maximum Gasteiger partial charge on any atom is 0.435 e. The van der Waals surface area contributed by atoms with Crippen molar-refractivity contribution in [3.8, 4) is 0 Å². The first-order valence-electron chi connectivity index (χ1n) is 4.58. The van der Waals surface area contributed by atoms with Crippen LogP contribution >= 0.6 is 23.2 Å². The van der Waals surface area contributed by atoms with Crippen molar-refractivity contribution in [2.75, 3.05) is 0 Å². The second kappa shape index (κ2) is 4.07. The third-order valence-electron chi connectivity index (χ3n) is 2.45. The average molecular weight is 284 g/mol. The van der Waals surface area contributed by atoms with Crippen LogP contribution < -0.4 is 0 Å². The van der Waals surface area contributed by atoms with Crippen LogP contribution in [0, 0.1) is 0 Å². The van der Waals surface area contributed by atoms with E-state index >= 15 is 0 Å². The molecule has 1 aromatic rings. The summed E-state index contributed by atoms with van der Waals surface area (Å²) in [7, 11) is 0. The molecular weight excluding hydrogens is 278 g/mol. The summed E-state index contributed by atoms with van der Waals surface area (Å²) in [5.41, 5.74) is -2.64. The van der Waals surface area contributed by atoms with Crippen LogP contribution in [-0.4, -0.2) is 12.4 Å². The highest BCUT2D eigenvalue weighted by molar-refractivity contribution is 6.34. The van der Waals surface area contributed by atoms with E-state index in [-0.39, 0.29) is 15.6 Å². The first-order valence-corrected chi connectivity index (χ1v) is 5.34. The number of halogens is 5. The zero-order valence-corrected chi connectivity index (χ0v) is 9.77. The summed E-state index contributed by atoms with van der Waals surface area (Å²) < 4.78 is 39.2. The Hall–Kier alpha value is -0.940. The number of benzene rings is 1. The van der Waals surface area contributed by atoms with E-state index in [4.69, 9.17) is 23.2 Å². The lowest BCUT2D eigenvalue weighted by molar-refractivity contribution is -0.275. The van der Waals surface area contributed by atoms with Gasteiger partial charge in [-0.05, 0) is 18.2 Å². The summed E-state index contributed by atoms with van der Waals surface area (Å²) in [4.78, 5) is 4.53. The lowest BCUT2D eigenvalue weighted by Gasteiger charge is -2.29. The summed E-state index contributed by atoms with van der Waals surface area (Å²) >= 11 is 11.4. The normalized spacial score (nSPS) is 23.8. The van der Waals surface area contributed by atoms with Crippen molar-refractivity contribution < 1.29 is 18.0 Å². The molecule has 17 heavy (non-hydrogen) atoms. The number of nitrogens with zero attached hydrogens (tertiary/aromatic N) is 1. The maximum atomic E-state index is 13.1. The molecular formula is C10H6Cl2F3NO. The molecule has 0 amide bonds. The van der Waals surface area contributed by atoms with Gasteiger partial charge < -0.3 is 4.84 Å². The Morgan fingerprint density at radius 2 is 1.76 bits per heavy atom. The fourth-order valence-corrected chi connectivity index (χ4v) is 2.15. The van der Waals surface area contributed by atoms with Crippen LogP contribution in [0.2, 0.25) is 10.0 Å². The fraction of sp³-hybridized carbons (Fsp3) is 0.300. The van der Waals surface area contributed by atoms with Crippen LogP contribution in [0.1, 0.15) is 12.0 Å². The van der Waals surface area contributed by atoms with Gasteiger partial charge in [0, 0.05) is 28.2 Å². The molecule has 0 saturated carbocycles. The van der Waals surface area contributed by atoms with Gasteiger partial charge in [0.15, 0.2) is 0 Å². The van der Waals surface area contributed by atoms with Gasteiger partial charge >= 0.3 is 6.18 Å². The van der Waals surface area contributed by atoms with Crippen molar-refractivity contribution in [2.24, 2.45) is 5.16 Å². The molecule has 0 unspecified atom stereocenters. The predicted molar refractivity (Wildman–Crippen MR) is 58.4 cm³/mol. The monoisotopic (exact) mass is 283 g/mol. The van der Waals surface area contributed by atoms with Gasteiger partial charge in [-0.15, -0.1) is 0 Å². The summed E-state index contributed by atoms with van der Waals surface area (Å²) in [6, 6.07) is 3.71. The third-order valence-corrected chi connectivity index (χ3v) is 2.89. The van der Waals surface area contributed by atoms with Gasteiger partial charge in [-0.1, -0.05) is 28.4 Å². The second-order valence-corrected chi connectivity index (χ2v) is 4.44. The lowest BCUT2D eigenvalue weighted by atomic mass is 9.90. The van der Waals surface area contributed by atoms with E-state index in [1.807, 2.05) is 0 Å². The molecule has 1 aromatic carbocycles. The van der Waals surface area contributed by atoms with Gasteiger partial charge in [-0.2, -0.15) is 13.2 Å². The van der Waals surface area contributed by atoms with Crippen molar-refractivity contribution in [3.63, 3.8) is 0 Å². The number of rotatable bonds is 1. The molecule has 2 nitrogen and oxygen atoms in total. The molecule has 1 aliphatic rings. The minimum atomic E-state index is -4.60. The minimum Gasteiger partial charge on any atom is -0.375 e. The summed E-state index contributed by atoms with van der Waals surface area (Å²) in [5.74, 6) is 0. The molecule has 0 fully saturated rings. The van der Waals surface area contributed by atoms with Gasteiger partial charge in [0.25, 0.3) is 5.60 Å². The molecule has 0 spiro atoms. The van der Waals surface area contributed by atoms with E-state index < -0.39 is 18.2 Å². The minimum absolute atomic E-state index is 0.117. The van der Waals surface area contributed by atoms with E-state index in [0.717, 1.165) is 6.21 Å². The topological polar surface area (TPSA) is 21.6 Å². The zero-order valence-electron chi connectivity index (χ0n) is 8.26. The Morgan fingerprint density at radius 3 is 2.18 bits per heavy atom. The molecule has 92 valence electrons. The summed E-state index contributed by atoms with van der Waals surface area (Å²) in [6.45, 7) is 0. The Labute approximate surface area is 105 Å². The highest BCUT2D eigenvalue weighted by Gasteiger charge is 2.60. The Bertz CT molecular complexity index is 445. The number of hydrogen-bond acceptors (Lipinski definition) is 2. The number of alkyl halides is 3. The first kappa shape index (κ1) is 12.5. The van der Waals surface area contributed by atoms with Gasteiger partial charge in [0.2, 0.25) is 0 Å². The molecule has 1 aliphatic heterocycles. The lowest BCUT2D eigenvalue weighted by Crippen LogP contribution is -2.42. The highest BCUT2D eigenvalue weighted by Crippen LogP contribution is 2.47. The van der Waals surface area contributed by atoms with E-state index in [0.29, 0.717) is 0 Å². The van der Waals surface area contributed by atoms with Crippen LogP contribution in [-0.2, 0) is 10.4 Å². The zero-order chi connectivity index (χ0) is 12.7. The Morgan fingerprint density at radius 1 is 1.18 bits per heavy atom. The van der Waals surface area contributed by atoms with Crippen LogP contribution in [0.3, 0.4) is 0 Å². The molecule has 1 heterocycles. The standard InChI is InChI=1S/C10H6Cl2F3NO/c11-7-3-6(4-8(12)5-7)9(10(13,14)15)1-2-16-17-9/h2-5H,1H2/t9-/m1/s1. The fourth-order valence-electron chi connectivity index (χ4n) is 1.62. The van der Waals surface area contributed by atoms with E-state index in [9.17, 15) is 13.2 Å². The molecule has 7 heteroatoms. The van der Waals surface area contributed by atoms with Crippen molar-refractivity contribution in [3.05, 3.63) is 33.8 Å². The quantitative estimate of drug-likeness (QED) is 0.758. The van der Waals surface area contributed by atoms with E-state index in [2.05, 4.69) is 9.99 Å². The third kappa shape index (κ3) is 2.09. The summed E-state index contributed by atoms with van der Waals surface area (Å²) in [5, 5.41) is 3.44. The van der Waals surface area contributed by atoms with Crippen molar-refractivity contribution in [2.45, 2.75) is 18.2 Å². The molecule has 0 N–H and O–H groups in total. The molecule has 0 saturated heterocycles. The van der Waals surface area contributed by atoms with Gasteiger partial charge in [0.1, 0.15) is 0 Å². The van der Waals surface area contributed by atoms with Crippen LogP contribution in [0.5, 0.6) is 0 Å². The molecule has 0 aliphatic carbocycles. The van der Waals surface area contributed by atoms with Crippen molar-refractivity contribution >= 4 is 29.4 Å². The second-order valence-electron chi connectivity index (χ2n) is 3.57. The average Bonchev–Trinajstić information content (AvgIpc) is 2.64. The largest absolute Gasteiger partial charge is 0.435 e. The Kier molecular flexibility index (Phi) is 2.99. The molecule has 2 rings (SSSR count). The summed E-state index contributed by atoms with van der Waals surface area (Å²) in [6.07, 6.45) is -3.92. The highest BCUT2D eigenvalue weighted by atomic mass is 35.5. The van der Waals surface area contributed by atoms with Gasteiger partial charge in [-0.3, -0.25) is 0 Å². The molecule has 1 atom stereocenters. The van der Waals surface area contributed by atoms with Crippen LogP contribution in [0.25, 0.3) is 0 Å². The number of hydrogen-bond donors (Lipinski definition) is 0. The van der Waals surface area contributed by atoms with Gasteiger partial charge in [0.05, 0.1) is 0 Å². The van der Waals surface area contributed by atoms with Crippen LogP contribution in [0.15, 0.2) is 23.4 Å². The van der Waals surface area contributed by atoms with Gasteiger partial charge in [-0.25, -0.2) is 0 Å². The van der Waals surface area contributed by atoms with Crippen molar-refractivity contribution in [1.82, 2.24) is 0 Å². The molecule has 0 bridgehead atoms. The molecule has 0 aromatic heterocycles. The van der Waals surface area contributed by atoms with Crippen molar-refractivity contribution in [1.29, 1.82) is 0 Å². The SMILES string of the molecule is FC(F)(F)[C@]1(c2cc(Cl)cc(Cl)c2)CC=NO1. The van der Waals surface area contributed by atoms with Crippen LogP contribution in [0.4, 0.5) is 13.2 Å². The smallest absolute Gasteiger partial charge is 0.375 e. The number of oxime groups is 1. The van der Waals surface area contributed by atoms with E-state index in [1.54, 1.807) is 0 Å². The predicted octanol–water partition coefficient (Wildman–Crippen LogP) is 4.16. The van der Waals surface area contributed by atoms with E-state index in [1.165, 1.54) is 18.2 Å². The molecule has 0 radical (unpaired) electrons. The Balaban J connectivity index is 2.54.